The summed E-state index contributed by atoms with van der Waals surface area (Å²) in [6.45, 7) is 6.77. The van der Waals surface area contributed by atoms with E-state index >= 15 is 0 Å². The molecule has 0 N–H and O–H groups in total. The molecule has 1 heterocycles. The van der Waals surface area contributed by atoms with Crippen LogP contribution in [0.15, 0.2) is 66.7 Å². The van der Waals surface area contributed by atoms with Crippen LogP contribution >= 0.6 is 11.6 Å². The van der Waals surface area contributed by atoms with Crippen molar-refractivity contribution in [2.24, 2.45) is 0 Å². The number of hydrogen-bond acceptors (Lipinski definition) is 1. The predicted octanol–water partition coefficient (Wildman–Crippen LogP) is 7.72. The summed E-state index contributed by atoms with van der Waals surface area (Å²) in [5, 5.41) is 5.43. The van der Waals surface area contributed by atoms with Gasteiger partial charge in [0, 0.05) is 16.0 Å². The van der Waals surface area contributed by atoms with Gasteiger partial charge in [0.2, 0.25) is 0 Å². The molecule has 31 heavy (non-hydrogen) atoms. The Morgan fingerprint density at radius 3 is 2.10 bits per heavy atom. The van der Waals surface area contributed by atoms with Crippen molar-refractivity contribution >= 4 is 22.5 Å². The third kappa shape index (κ3) is 4.33. The molecule has 0 atom stereocenters. The van der Waals surface area contributed by atoms with Crippen LogP contribution in [0.2, 0.25) is 5.02 Å². The van der Waals surface area contributed by atoms with Gasteiger partial charge in [0.15, 0.2) is 0 Å². The van der Waals surface area contributed by atoms with Gasteiger partial charge in [-0.3, -0.25) is 4.68 Å². The molecule has 0 aliphatic rings. The van der Waals surface area contributed by atoms with Crippen molar-refractivity contribution in [3.8, 4) is 11.3 Å². The predicted molar refractivity (Wildman–Crippen MR) is 119 cm³/mol. The van der Waals surface area contributed by atoms with Crippen LogP contribution in [0.25, 0.3) is 22.2 Å². The highest BCUT2D eigenvalue weighted by atomic mass is 35.5. The molecule has 0 saturated carbocycles. The van der Waals surface area contributed by atoms with Crippen molar-refractivity contribution in [3.63, 3.8) is 0 Å². The molecule has 0 amide bonds. The summed E-state index contributed by atoms with van der Waals surface area (Å²) >= 11 is 6.03. The Balaban J connectivity index is 1.87. The number of hydrogen-bond donors (Lipinski definition) is 0. The summed E-state index contributed by atoms with van der Waals surface area (Å²) in [6, 6.07) is 19.4. The van der Waals surface area contributed by atoms with E-state index in [1.54, 1.807) is 35.0 Å². The van der Waals surface area contributed by atoms with Gasteiger partial charge in [0.25, 0.3) is 0 Å². The molecule has 0 unspecified atom stereocenters. The van der Waals surface area contributed by atoms with Crippen molar-refractivity contribution in [2.45, 2.75) is 38.9 Å². The lowest BCUT2D eigenvalue weighted by Crippen LogP contribution is -2.11. The molecule has 1 aromatic heterocycles. The average molecular weight is 443 g/mol. The first kappa shape index (κ1) is 21.4. The summed E-state index contributed by atoms with van der Waals surface area (Å²) in [6.07, 6.45) is -4.48. The van der Waals surface area contributed by atoms with Gasteiger partial charge in [-0.15, -0.1) is 0 Å². The Morgan fingerprint density at radius 2 is 1.52 bits per heavy atom. The third-order valence-electron chi connectivity index (χ3n) is 5.35. The number of nitrogens with zero attached hydrogens (tertiary/aromatic N) is 2. The zero-order valence-electron chi connectivity index (χ0n) is 17.5. The summed E-state index contributed by atoms with van der Waals surface area (Å²) in [7, 11) is 0. The molecule has 0 spiro atoms. The van der Waals surface area contributed by atoms with Crippen LogP contribution in [-0.4, -0.2) is 9.78 Å². The number of alkyl halides is 3. The van der Waals surface area contributed by atoms with Gasteiger partial charge in [-0.05, 0) is 34.7 Å². The van der Waals surface area contributed by atoms with E-state index in [-0.39, 0.29) is 10.9 Å². The molecule has 4 aromatic rings. The van der Waals surface area contributed by atoms with Gasteiger partial charge in [-0.25, -0.2) is 0 Å². The summed E-state index contributed by atoms with van der Waals surface area (Å²) in [5.74, 6) is 0. The molecular formula is C25H22ClF3N2. The second kappa shape index (κ2) is 7.72. The van der Waals surface area contributed by atoms with Crippen LogP contribution in [0.5, 0.6) is 0 Å². The van der Waals surface area contributed by atoms with Crippen molar-refractivity contribution in [2.75, 3.05) is 0 Å². The van der Waals surface area contributed by atoms with Gasteiger partial charge < -0.3 is 0 Å². The summed E-state index contributed by atoms with van der Waals surface area (Å²) in [5.41, 5.74) is 2.79. The van der Waals surface area contributed by atoms with E-state index in [2.05, 4.69) is 38.0 Å². The van der Waals surface area contributed by atoms with Crippen molar-refractivity contribution < 1.29 is 13.2 Å². The topological polar surface area (TPSA) is 17.8 Å². The maximum absolute atomic E-state index is 13.6. The Hall–Kier alpha value is -2.79. The van der Waals surface area contributed by atoms with Gasteiger partial charge in [0.1, 0.15) is 5.52 Å². The second-order valence-corrected chi connectivity index (χ2v) is 9.10. The minimum atomic E-state index is -4.48. The first-order valence-electron chi connectivity index (χ1n) is 9.96. The quantitative estimate of drug-likeness (QED) is 0.317. The lowest BCUT2D eigenvalue weighted by atomic mass is 9.87. The molecule has 0 aliphatic carbocycles. The maximum Gasteiger partial charge on any atom is 0.418 e. The zero-order chi connectivity index (χ0) is 22.4. The molecule has 4 rings (SSSR count). The van der Waals surface area contributed by atoms with E-state index in [1.807, 2.05) is 12.1 Å². The van der Waals surface area contributed by atoms with E-state index < -0.39 is 11.7 Å². The van der Waals surface area contributed by atoms with Gasteiger partial charge in [0.05, 0.1) is 17.8 Å². The fraction of sp³-hybridized carbons (Fsp3) is 0.240. The minimum Gasteiger partial charge on any atom is -0.259 e. The van der Waals surface area contributed by atoms with Crippen LogP contribution < -0.4 is 0 Å². The fourth-order valence-electron chi connectivity index (χ4n) is 3.69. The van der Waals surface area contributed by atoms with E-state index in [1.165, 1.54) is 11.6 Å². The highest BCUT2D eigenvalue weighted by Gasteiger charge is 2.34. The maximum atomic E-state index is 13.6. The number of aromatic nitrogens is 2. The molecule has 6 heteroatoms. The highest BCUT2D eigenvalue weighted by molar-refractivity contribution is 6.30. The first-order valence-corrected chi connectivity index (χ1v) is 10.3. The number of benzene rings is 3. The summed E-state index contributed by atoms with van der Waals surface area (Å²) < 4.78 is 42.5. The Labute approximate surface area is 184 Å². The molecule has 0 saturated heterocycles. The Kier molecular flexibility index (Phi) is 5.34. The molecule has 0 fully saturated rings. The lowest BCUT2D eigenvalue weighted by molar-refractivity contribution is -0.136. The van der Waals surface area contributed by atoms with E-state index in [4.69, 9.17) is 11.6 Å². The highest BCUT2D eigenvalue weighted by Crippen LogP contribution is 2.38. The molecule has 3 aromatic carbocycles. The lowest BCUT2D eigenvalue weighted by Gasteiger charge is -2.19. The number of halogens is 4. The largest absolute Gasteiger partial charge is 0.418 e. The number of rotatable bonds is 3. The molecule has 0 bridgehead atoms. The van der Waals surface area contributed by atoms with E-state index in [0.717, 1.165) is 17.2 Å². The third-order valence-corrected chi connectivity index (χ3v) is 5.60. The van der Waals surface area contributed by atoms with Crippen LogP contribution in [0, 0.1) is 0 Å². The zero-order valence-corrected chi connectivity index (χ0v) is 18.2. The van der Waals surface area contributed by atoms with Crippen LogP contribution in [0.4, 0.5) is 13.2 Å². The Morgan fingerprint density at radius 1 is 0.871 bits per heavy atom. The van der Waals surface area contributed by atoms with Crippen molar-refractivity contribution in [3.05, 3.63) is 88.4 Å². The minimum absolute atomic E-state index is 0.0228. The van der Waals surface area contributed by atoms with E-state index in [0.29, 0.717) is 22.6 Å². The van der Waals surface area contributed by atoms with Crippen LogP contribution in [0.3, 0.4) is 0 Å². The number of fused-ring (bicyclic) bond motifs is 1. The molecular weight excluding hydrogens is 421 g/mol. The van der Waals surface area contributed by atoms with Gasteiger partial charge >= 0.3 is 6.18 Å². The average Bonchev–Trinajstić information content (AvgIpc) is 3.05. The van der Waals surface area contributed by atoms with Gasteiger partial charge in [-0.2, -0.15) is 18.3 Å². The molecule has 0 aliphatic heterocycles. The molecule has 0 radical (unpaired) electrons. The smallest absolute Gasteiger partial charge is 0.259 e. The van der Waals surface area contributed by atoms with Crippen LogP contribution in [0.1, 0.15) is 37.5 Å². The summed E-state index contributed by atoms with van der Waals surface area (Å²) in [4.78, 5) is 0. The second-order valence-electron chi connectivity index (χ2n) is 8.66. The fourth-order valence-corrected chi connectivity index (χ4v) is 3.82. The normalized spacial score (nSPS) is 12.5. The standard InChI is InChI=1S/C25H22ClF3N2/c1-24(2,3)18-11-7-16(8-12-18)15-31-23(17-9-13-19(26)14-10-17)20-5-4-6-21(22(20)30-31)25(27,28)29/h4-14H,15H2,1-3H3. The van der Waals surface area contributed by atoms with Gasteiger partial charge in [-0.1, -0.05) is 80.9 Å². The molecule has 160 valence electrons. The van der Waals surface area contributed by atoms with E-state index in [9.17, 15) is 13.2 Å². The van der Waals surface area contributed by atoms with Crippen molar-refractivity contribution in [1.82, 2.24) is 9.78 Å². The van der Waals surface area contributed by atoms with Crippen LogP contribution in [-0.2, 0) is 18.1 Å². The monoisotopic (exact) mass is 442 g/mol. The SMILES string of the molecule is CC(C)(C)c1ccc(Cn2nc3c(C(F)(F)F)cccc3c2-c2ccc(Cl)cc2)cc1. The molecule has 2 nitrogen and oxygen atoms in total. The Bertz CT molecular complexity index is 1220. The first-order chi connectivity index (χ1) is 14.5. The van der Waals surface area contributed by atoms with Crippen molar-refractivity contribution in [1.29, 1.82) is 0 Å².